The zero-order valence-electron chi connectivity index (χ0n) is 17.7. The maximum absolute atomic E-state index is 4.46. The molecule has 0 aromatic carbocycles. The van der Waals surface area contributed by atoms with Gasteiger partial charge in [0.1, 0.15) is 0 Å². The van der Waals surface area contributed by atoms with Crippen molar-refractivity contribution in [1.82, 2.24) is 0 Å². The monoisotopic (exact) mass is 690 g/mol. The van der Waals surface area contributed by atoms with Crippen LogP contribution >= 0.6 is 61.2 Å². The maximum atomic E-state index is 4.46. The van der Waals surface area contributed by atoms with Crippen LogP contribution in [0, 0.1) is 0 Å². The molecule has 0 N–H and O–H groups in total. The van der Waals surface area contributed by atoms with Crippen molar-refractivity contribution in [2.45, 2.75) is 88.1 Å². The molecule has 0 atom stereocenters. The number of hydrogen-bond donors (Lipinski definition) is 0. The average molecular weight is 695 g/mol. The van der Waals surface area contributed by atoms with E-state index in [9.17, 15) is 0 Å². The van der Waals surface area contributed by atoms with E-state index in [2.05, 4.69) is 140 Å². The summed E-state index contributed by atoms with van der Waals surface area (Å²) in [5, 5.41) is 0. The van der Waals surface area contributed by atoms with Crippen molar-refractivity contribution in [2.24, 2.45) is 0 Å². The van der Waals surface area contributed by atoms with Crippen LogP contribution in [0.5, 0.6) is 0 Å². The Morgan fingerprint density at radius 2 is 0.500 bits per heavy atom. The van der Waals surface area contributed by atoms with Crippen molar-refractivity contribution < 1.29 is 0 Å². The highest BCUT2D eigenvalue weighted by atomic mass is 79.9. The maximum Gasteiger partial charge on any atom is 0.213 e. The van der Waals surface area contributed by atoms with E-state index in [0.717, 1.165) is 9.58 Å². The molecule has 0 radical (unpaired) electrons. The van der Waals surface area contributed by atoms with E-state index < -0.39 is 42.0 Å². The Balaban J connectivity index is 6.50. The van der Waals surface area contributed by atoms with Crippen LogP contribution in [0.15, 0.2) is 0 Å². The van der Waals surface area contributed by atoms with Gasteiger partial charge in [0.25, 0.3) is 0 Å². The SMILES string of the molecule is C[Si](C)(C)C([Si](C)(C)C)[Si](Br)(Br)[Si](Br)(Br)C([Si](C)(C)C)[Si](C)(C)C. The number of rotatable bonds is 7. The molecule has 0 aromatic rings. The number of halogens is 4. The molecule has 0 heterocycles. The molecule has 0 aliphatic rings. The molecule has 0 bridgehead atoms. The van der Waals surface area contributed by atoms with Crippen molar-refractivity contribution in [1.29, 1.82) is 0 Å². The molecule has 0 unspecified atom stereocenters. The lowest BCUT2D eigenvalue weighted by Gasteiger charge is -2.55. The van der Waals surface area contributed by atoms with E-state index in [4.69, 9.17) is 0 Å². The fraction of sp³-hybridized carbons (Fsp3) is 1.00. The summed E-state index contributed by atoms with van der Waals surface area (Å²) in [6.45, 7) is 31.0. The molecule has 0 fully saturated rings. The minimum absolute atomic E-state index is 0.887. The van der Waals surface area contributed by atoms with Gasteiger partial charge < -0.3 is 0 Å². The molecule has 24 heavy (non-hydrogen) atoms. The van der Waals surface area contributed by atoms with E-state index in [-0.39, 0.29) is 0 Å². The van der Waals surface area contributed by atoms with Crippen molar-refractivity contribution >= 4 is 103 Å². The summed E-state index contributed by atoms with van der Waals surface area (Å²) in [4.78, 5) is -1.87. The van der Waals surface area contributed by atoms with Crippen LogP contribution < -0.4 is 0 Å². The molecule has 0 aromatic heterocycles. The van der Waals surface area contributed by atoms with Gasteiger partial charge in [0.05, 0.1) is 0 Å². The van der Waals surface area contributed by atoms with E-state index in [1.807, 2.05) is 0 Å². The zero-order chi connectivity index (χ0) is 20.2. The standard InChI is InChI=1S/C14H38Br4Si6/c1-19(2,3)13(20(4,5)6)23(15,16)24(17,18)14(21(7,8)9)22(10,11)12/h13-14H,1-12H3. The van der Waals surface area contributed by atoms with Gasteiger partial charge in [-0.05, 0) is 9.58 Å². The Morgan fingerprint density at radius 1 is 0.375 bits per heavy atom. The second kappa shape index (κ2) is 8.16. The average Bonchev–Trinajstić information content (AvgIpc) is 2.02. The smallest absolute Gasteiger partial charge is 0.113 e. The lowest BCUT2D eigenvalue weighted by atomic mass is 11.7. The summed E-state index contributed by atoms with van der Waals surface area (Å²) < 4.78 is 0. The highest BCUT2D eigenvalue weighted by molar-refractivity contribution is 9.66. The van der Waals surface area contributed by atoms with Crippen LogP contribution in [0.25, 0.3) is 0 Å². The Kier molecular flexibility index (Phi) is 9.25. The van der Waals surface area contributed by atoms with E-state index in [1.165, 1.54) is 0 Å². The summed E-state index contributed by atoms with van der Waals surface area (Å²) in [5.74, 6) is 0. The third-order valence-electron chi connectivity index (χ3n) is 4.63. The lowest BCUT2D eigenvalue weighted by molar-refractivity contribution is 1.40. The second-order valence-electron chi connectivity index (χ2n) is 11.6. The van der Waals surface area contributed by atoms with Gasteiger partial charge >= 0.3 is 0 Å². The van der Waals surface area contributed by atoms with Gasteiger partial charge in [-0.3, -0.25) is 0 Å². The Bertz CT molecular complexity index is 370. The largest absolute Gasteiger partial charge is 0.213 e. The summed E-state index contributed by atoms with van der Waals surface area (Å²) in [7, 11) is -5.18. The third-order valence-corrected chi connectivity index (χ3v) is 105. The van der Waals surface area contributed by atoms with Crippen LogP contribution in [0.1, 0.15) is 0 Å². The molecule has 0 saturated heterocycles. The topological polar surface area (TPSA) is 0 Å². The second-order valence-corrected chi connectivity index (χ2v) is 74.8. The highest BCUT2D eigenvalue weighted by Gasteiger charge is 2.67. The van der Waals surface area contributed by atoms with Crippen molar-refractivity contribution in [3.05, 3.63) is 0 Å². The fourth-order valence-corrected chi connectivity index (χ4v) is 143. The molecular formula is C14H38Br4Si6. The van der Waals surface area contributed by atoms with Crippen LogP contribution in [0.4, 0.5) is 0 Å². The van der Waals surface area contributed by atoms with E-state index >= 15 is 0 Å². The van der Waals surface area contributed by atoms with Gasteiger partial charge in [0, 0.05) is 32.3 Å². The van der Waals surface area contributed by atoms with Crippen molar-refractivity contribution in [3.63, 3.8) is 0 Å². The van der Waals surface area contributed by atoms with Gasteiger partial charge in [-0.2, -0.15) is 0 Å². The third kappa shape index (κ3) is 6.36. The molecule has 0 aliphatic heterocycles. The van der Waals surface area contributed by atoms with Gasteiger partial charge in [-0.1, -0.05) is 78.6 Å². The first-order valence-corrected chi connectivity index (χ1v) is 37.2. The first-order chi connectivity index (χ1) is 9.98. The Labute approximate surface area is 189 Å². The quantitative estimate of drug-likeness (QED) is 0.185. The molecule has 0 aliphatic carbocycles. The first-order valence-electron chi connectivity index (χ1n) is 8.74. The fourth-order valence-electron chi connectivity index (χ4n) is 5.16. The van der Waals surface area contributed by atoms with Crippen LogP contribution in [-0.4, -0.2) is 42.0 Å². The molecule has 146 valence electrons. The molecule has 0 rings (SSSR count). The molecule has 0 nitrogen and oxygen atoms in total. The van der Waals surface area contributed by atoms with Crippen molar-refractivity contribution in [2.75, 3.05) is 0 Å². The van der Waals surface area contributed by atoms with Crippen LogP contribution in [-0.2, 0) is 0 Å². The predicted molar refractivity (Wildman–Crippen MR) is 148 cm³/mol. The number of hydrogen-bond acceptors (Lipinski definition) is 0. The summed E-state index contributed by atoms with van der Waals surface area (Å²) in [5.41, 5.74) is 0. The first kappa shape index (κ1) is 27.2. The molecule has 0 amide bonds. The lowest BCUT2D eigenvalue weighted by Crippen LogP contribution is -2.69. The zero-order valence-corrected chi connectivity index (χ0v) is 30.0. The van der Waals surface area contributed by atoms with Crippen LogP contribution in [0.2, 0.25) is 88.1 Å². The normalized spacial score (nSPS) is 16.2. The van der Waals surface area contributed by atoms with E-state index in [1.54, 1.807) is 0 Å². The highest BCUT2D eigenvalue weighted by Crippen LogP contribution is 2.61. The van der Waals surface area contributed by atoms with E-state index in [0.29, 0.717) is 0 Å². The van der Waals surface area contributed by atoms with Crippen LogP contribution in [0.3, 0.4) is 0 Å². The molecule has 0 spiro atoms. The van der Waals surface area contributed by atoms with Gasteiger partial charge in [-0.25, -0.2) is 0 Å². The van der Waals surface area contributed by atoms with Gasteiger partial charge in [0.2, 0.25) is 9.66 Å². The van der Waals surface area contributed by atoms with Gasteiger partial charge in [0.15, 0.2) is 0 Å². The summed E-state index contributed by atoms with van der Waals surface area (Å²) in [6, 6.07) is 0. The Hall–Kier alpha value is 3.22. The summed E-state index contributed by atoms with van der Waals surface area (Å²) in [6.07, 6.45) is 0. The Morgan fingerprint density at radius 3 is 0.583 bits per heavy atom. The predicted octanol–water partition coefficient (Wildman–Crippen LogP) is 8.78. The molecule has 10 heteroatoms. The molecular weight excluding hydrogens is 656 g/mol. The van der Waals surface area contributed by atoms with Gasteiger partial charge in [-0.15, -0.1) is 61.2 Å². The minimum Gasteiger partial charge on any atom is -0.113 e. The van der Waals surface area contributed by atoms with Crippen molar-refractivity contribution in [3.8, 4) is 0 Å². The summed E-state index contributed by atoms with van der Waals surface area (Å²) >= 11 is 17.9. The molecule has 0 saturated carbocycles. The minimum atomic E-state index is -1.82.